The van der Waals surface area contributed by atoms with Crippen LogP contribution in [-0.2, 0) is 4.79 Å². The lowest BCUT2D eigenvalue weighted by atomic mass is 9.74. The van der Waals surface area contributed by atoms with E-state index in [4.69, 9.17) is 0 Å². The van der Waals surface area contributed by atoms with Gasteiger partial charge in [0.2, 0.25) is 5.91 Å². The predicted octanol–water partition coefficient (Wildman–Crippen LogP) is 2.95. The smallest absolute Gasteiger partial charge is 0.231 e. The van der Waals surface area contributed by atoms with Gasteiger partial charge in [-0.15, -0.1) is 0 Å². The van der Waals surface area contributed by atoms with E-state index in [1.54, 1.807) is 6.20 Å². The van der Waals surface area contributed by atoms with E-state index in [1.807, 2.05) is 12.1 Å². The minimum Gasteiger partial charge on any atom is -0.317 e. The molecule has 1 amide bonds. The normalized spacial score (nSPS) is 18.0. The molecule has 4 nitrogen and oxygen atoms in total. The van der Waals surface area contributed by atoms with Crippen molar-refractivity contribution in [2.45, 2.75) is 32.6 Å². The number of pyridine rings is 1. The third-order valence-corrected chi connectivity index (χ3v) is 4.40. The van der Waals surface area contributed by atoms with Gasteiger partial charge in [-0.25, -0.2) is 4.98 Å². The summed E-state index contributed by atoms with van der Waals surface area (Å²) in [5, 5.41) is 6.30. The standard InChI is InChI=1S/C14H20BrN3O/c1-2-5-14(6-9-16-10-7-14)13(19)18-12-11(15)4-3-8-17-12/h3-4,8,16H,2,5-7,9-10H2,1H3,(H,17,18,19). The van der Waals surface area contributed by atoms with Gasteiger partial charge in [0.25, 0.3) is 0 Å². The van der Waals surface area contributed by atoms with Crippen molar-refractivity contribution in [1.82, 2.24) is 10.3 Å². The predicted molar refractivity (Wildman–Crippen MR) is 80.0 cm³/mol. The molecule has 0 radical (unpaired) electrons. The number of nitrogens with one attached hydrogen (secondary N) is 2. The van der Waals surface area contributed by atoms with Gasteiger partial charge in [-0.05, 0) is 60.4 Å². The summed E-state index contributed by atoms with van der Waals surface area (Å²) < 4.78 is 0.823. The van der Waals surface area contributed by atoms with E-state index < -0.39 is 0 Å². The lowest BCUT2D eigenvalue weighted by molar-refractivity contribution is -0.127. The Morgan fingerprint density at radius 1 is 1.53 bits per heavy atom. The Labute approximate surface area is 122 Å². The maximum Gasteiger partial charge on any atom is 0.231 e. The van der Waals surface area contributed by atoms with Crippen LogP contribution >= 0.6 is 15.9 Å². The number of carbonyl (C=O) groups excluding carboxylic acids is 1. The monoisotopic (exact) mass is 325 g/mol. The van der Waals surface area contributed by atoms with Gasteiger partial charge >= 0.3 is 0 Å². The molecule has 1 aliphatic rings. The Morgan fingerprint density at radius 2 is 2.26 bits per heavy atom. The number of hydrogen-bond acceptors (Lipinski definition) is 3. The van der Waals surface area contributed by atoms with Gasteiger partial charge in [-0.3, -0.25) is 4.79 Å². The molecule has 0 aromatic carbocycles. The highest BCUT2D eigenvalue weighted by Crippen LogP contribution is 2.35. The van der Waals surface area contributed by atoms with E-state index in [9.17, 15) is 4.79 Å². The van der Waals surface area contributed by atoms with Crippen LogP contribution < -0.4 is 10.6 Å². The van der Waals surface area contributed by atoms with Gasteiger partial charge in [0.15, 0.2) is 0 Å². The average Bonchev–Trinajstić information content (AvgIpc) is 2.42. The minimum atomic E-state index is -0.239. The van der Waals surface area contributed by atoms with Crippen LogP contribution in [0.15, 0.2) is 22.8 Å². The number of nitrogens with zero attached hydrogens (tertiary/aromatic N) is 1. The largest absolute Gasteiger partial charge is 0.317 e. The summed E-state index contributed by atoms with van der Waals surface area (Å²) in [4.78, 5) is 16.8. The molecular weight excluding hydrogens is 306 g/mol. The molecule has 19 heavy (non-hydrogen) atoms. The fourth-order valence-electron chi connectivity index (χ4n) is 2.69. The number of aromatic nitrogens is 1. The molecule has 0 unspecified atom stereocenters. The molecule has 1 aromatic rings. The molecule has 104 valence electrons. The number of carbonyl (C=O) groups is 1. The summed E-state index contributed by atoms with van der Waals surface area (Å²) >= 11 is 3.42. The number of hydrogen-bond donors (Lipinski definition) is 2. The van der Waals surface area contributed by atoms with Gasteiger partial charge in [0.1, 0.15) is 5.82 Å². The van der Waals surface area contributed by atoms with Crippen molar-refractivity contribution in [2.75, 3.05) is 18.4 Å². The van der Waals surface area contributed by atoms with Crippen molar-refractivity contribution >= 4 is 27.7 Å². The molecule has 0 spiro atoms. The van der Waals surface area contributed by atoms with E-state index in [1.165, 1.54) is 0 Å². The third kappa shape index (κ3) is 3.34. The summed E-state index contributed by atoms with van der Waals surface area (Å²) in [5.74, 6) is 0.719. The van der Waals surface area contributed by atoms with Gasteiger partial charge in [-0.2, -0.15) is 0 Å². The van der Waals surface area contributed by atoms with Crippen molar-refractivity contribution in [3.05, 3.63) is 22.8 Å². The molecule has 2 heterocycles. The Kier molecular flexibility index (Phi) is 4.93. The Hall–Kier alpha value is -0.940. The molecule has 0 aliphatic carbocycles. The quantitative estimate of drug-likeness (QED) is 0.894. The van der Waals surface area contributed by atoms with Gasteiger partial charge in [0.05, 0.1) is 9.89 Å². The Morgan fingerprint density at radius 3 is 2.89 bits per heavy atom. The number of piperidine rings is 1. The summed E-state index contributed by atoms with van der Waals surface area (Å²) in [5.41, 5.74) is -0.239. The Bertz CT molecular complexity index is 439. The maximum absolute atomic E-state index is 12.6. The second-order valence-corrected chi connectivity index (χ2v) is 5.92. The van der Waals surface area contributed by atoms with E-state index in [0.29, 0.717) is 5.82 Å². The number of rotatable bonds is 4. The third-order valence-electron chi connectivity index (χ3n) is 3.76. The molecule has 1 fully saturated rings. The lowest BCUT2D eigenvalue weighted by Gasteiger charge is -2.36. The van der Waals surface area contributed by atoms with Crippen LogP contribution in [0.1, 0.15) is 32.6 Å². The second-order valence-electron chi connectivity index (χ2n) is 5.07. The van der Waals surface area contributed by atoms with Gasteiger partial charge in [0, 0.05) is 6.20 Å². The fraction of sp³-hybridized carbons (Fsp3) is 0.571. The van der Waals surface area contributed by atoms with E-state index >= 15 is 0 Å². The summed E-state index contributed by atoms with van der Waals surface area (Å²) in [6.45, 7) is 3.96. The van der Waals surface area contributed by atoms with Gasteiger partial charge in [-0.1, -0.05) is 13.3 Å². The SMILES string of the molecule is CCCC1(C(=O)Nc2ncccc2Br)CCNCC1. The van der Waals surface area contributed by atoms with Crippen molar-refractivity contribution in [1.29, 1.82) is 0 Å². The maximum atomic E-state index is 12.6. The zero-order chi connectivity index (χ0) is 13.7. The highest BCUT2D eigenvalue weighted by Gasteiger charge is 2.38. The summed E-state index contributed by atoms with van der Waals surface area (Å²) in [6, 6.07) is 3.73. The van der Waals surface area contributed by atoms with E-state index in [-0.39, 0.29) is 11.3 Å². The molecule has 2 N–H and O–H groups in total. The highest BCUT2D eigenvalue weighted by atomic mass is 79.9. The van der Waals surface area contributed by atoms with Crippen LogP contribution in [0.4, 0.5) is 5.82 Å². The second kappa shape index (κ2) is 6.48. The number of halogens is 1. The van der Waals surface area contributed by atoms with Crippen LogP contribution in [-0.4, -0.2) is 24.0 Å². The topological polar surface area (TPSA) is 54.0 Å². The van der Waals surface area contributed by atoms with Crippen LogP contribution in [0.3, 0.4) is 0 Å². The molecule has 0 atom stereocenters. The molecule has 1 aromatic heterocycles. The first kappa shape index (κ1) is 14.5. The molecule has 0 saturated carbocycles. The van der Waals surface area contributed by atoms with Crippen molar-refractivity contribution in [3.8, 4) is 0 Å². The van der Waals surface area contributed by atoms with Crippen molar-refractivity contribution in [2.24, 2.45) is 5.41 Å². The van der Waals surface area contributed by atoms with Crippen molar-refractivity contribution in [3.63, 3.8) is 0 Å². The van der Waals surface area contributed by atoms with Gasteiger partial charge < -0.3 is 10.6 Å². The van der Waals surface area contributed by atoms with E-state index in [2.05, 4.69) is 38.5 Å². The average molecular weight is 326 g/mol. The number of anilines is 1. The molecule has 1 aliphatic heterocycles. The van der Waals surface area contributed by atoms with Crippen LogP contribution in [0.25, 0.3) is 0 Å². The van der Waals surface area contributed by atoms with Crippen LogP contribution in [0, 0.1) is 5.41 Å². The zero-order valence-electron chi connectivity index (χ0n) is 11.2. The summed E-state index contributed by atoms with van der Waals surface area (Å²) in [7, 11) is 0. The highest BCUT2D eigenvalue weighted by molar-refractivity contribution is 9.10. The van der Waals surface area contributed by atoms with E-state index in [0.717, 1.165) is 43.2 Å². The van der Waals surface area contributed by atoms with Crippen LogP contribution in [0.2, 0.25) is 0 Å². The van der Waals surface area contributed by atoms with Crippen LogP contribution in [0.5, 0.6) is 0 Å². The number of amides is 1. The first-order valence-electron chi connectivity index (χ1n) is 6.81. The first-order valence-corrected chi connectivity index (χ1v) is 7.60. The molecule has 5 heteroatoms. The Balaban J connectivity index is 2.14. The summed E-state index contributed by atoms with van der Waals surface area (Å²) in [6.07, 6.45) is 5.45. The molecule has 1 saturated heterocycles. The fourth-order valence-corrected chi connectivity index (χ4v) is 3.05. The minimum absolute atomic E-state index is 0.107. The molecular formula is C14H20BrN3O. The zero-order valence-corrected chi connectivity index (χ0v) is 12.8. The lowest BCUT2D eigenvalue weighted by Crippen LogP contribution is -2.45. The van der Waals surface area contributed by atoms with Crippen molar-refractivity contribution < 1.29 is 4.79 Å². The molecule has 2 rings (SSSR count). The molecule has 0 bridgehead atoms. The first-order chi connectivity index (χ1) is 9.18.